The predicted octanol–water partition coefficient (Wildman–Crippen LogP) is 3.82. The maximum absolute atomic E-state index is 13.0. The average Bonchev–Trinajstić information content (AvgIpc) is 2.53. The molecule has 0 bridgehead atoms. The topological polar surface area (TPSA) is 27.7 Å². The lowest BCUT2D eigenvalue weighted by atomic mass is 9.92. The van der Waals surface area contributed by atoms with Crippen LogP contribution in [0.2, 0.25) is 0 Å². The van der Waals surface area contributed by atoms with E-state index in [9.17, 15) is 4.39 Å². The monoisotopic (exact) mass is 289 g/mol. The van der Waals surface area contributed by atoms with Crippen molar-refractivity contribution >= 4 is 0 Å². The van der Waals surface area contributed by atoms with Crippen LogP contribution < -0.4 is 14.2 Å². The van der Waals surface area contributed by atoms with Gasteiger partial charge in [-0.05, 0) is 30.7 Å². The van der Waals surface area contributed by atoms with Crippen molar-refractivity contribution in [3.63, 3.8) is 0 Å². The van der Waals surface area contributed by atoms with Gasteiger partial charge in [0.25, 0.3) is 0 Å². The van der Waals surface area contributed by atoms with Gasteiger partial charge in [-0.3, -0.25) is 0 Å². The first-order valence-corrected chi connectivity index (χ1v) is 6.49. The second-order valence-electron chi connectivity index (χ2n) is 4.55. The SMILES string of the molecule is [CH2]C(c1ccc(F)cc1)c1cc(OC)c(OC)cc1OC. The lowest BCUT2D eigenvalue weighted by Crippen LogP contribution is -2.02. The number of benzene rings is 2. The molecule has 0 aromatic heterocycles. The van der Waals surface area contributed by atoms with Crippen molar-refractivity contribution in [1.29, 1.82) is 0 Å². The minimum Gasteiger partial charge on any atom is -0.496 e. The second kappa shape index (κ2) is 6.48. The highest BCUT2D eigenvalue weighted by Crippen LogP contribution is 2.39. The molecule has 0 N–H and O–H groups in total. The molecule has 0 spiro atoms. The lowest BCUT2D eigenvalue weighted by Gasteiger charge is -2.19. The molecule has 0 aliphatic rings. The van der Waals surface area contributed by atoms with E-state index in [-0.39, 0.29) is 11.7 Å². The Balaban J connectivity index is 2.48. The number of methoxy groups -OCH3 is 3. The fourth-order valence-corrected chi connectivity index (χ4v) is 2.20. The minimum absolute atomic E-state index is 0.208. The van der Waals surface area contributed by atoms with E-state index in [1.807, 2.05) is 6.07 Å². The molecule has 0 aliphatic carbocycles. The van der Waals surface area contributed by atoms with Gasteiger partial charge in [0.2, 0.25) is 0 Å². The molecule has 3 nitrogen and oxygen atoms in total. The van der Waals surface area contributed by atoms with Crippen molar-refractivity contribution in [2.45, 2.75) is 5.92 Å². The molecule has 0 saturated carbocycles. The summed E-state index contributed by atoms with van der Waals surface area (Å²) in [6.07, 6.45) is 0. The Hall–Kier alpha value is -2.23. The zero-order chi connectivity index (χ0) is 15.4. The second-order valence-corrected chi connectivity index (χ2v) is 4.55. The largest absolute Gasteiger partial charge is 0.496 e. The molecule has 0 aliphatic heterocycles. The van der Waals surface area contributed by atoms with Crippen molar-refractivity contribution in [1.82, 2.24) is 0 Å². The Morgan fingerprint density at radius 2 is 1.38 bits per heavy atom. The van der Waals surface area contributed by atoms with E-state index >= 15 is 0 Å². The molecular weight excluding hydrogens is 271 g/mol. The maximum atomic E-state index is 13.0. The summed E-state index contributed by atoms with van der Waals surface area (Å²) in [5.41, 5.74) is 1.74. The molecule has 0 amide bonds. The Morgan fingerprint density at radius 3 is 1.90 bits per heavy atom. The molecule has 111 valence electrons. The summed E-state index contributed by atoms with van der Waals surface area (Å²) in [5, 5.41) is 0. The molecule has 0 heterocycles. The van der Waals surface area contributed by atoms with Gasteiger partial charge in [0.05, 0.1) is 21.3 Å². The average molecular weight is 289 g/mol. The Kier molecular flexibility index (Phi) is 4.68. The van der Waals surface area contributed by atoms with Crippen LogP contribution in [0.15, 0.2) is 36.4 Å². The Morgan fingerprint density at radius 1 is 0.857 bits per heavy atom. The third-order valence-corrected chi connectivity index (χ3v) is 3.38. The van der Waals surface area contributed by atoms with Gasteiger partial charge in [0.1, 0.15) is 11.6 Å². The van der Waals surface area contributed by atoms with E-state index in [0.29, 0.717) is 17.2 Å². The van der Waals surface area contributed by atoms with Crippen LogP contribution in [0.5, 0.6) is 17.2 Å². The van der Waals surface area contributed by atoms with Crippen molar-refractivity contribution in [2.75, 3.05) is 21.3 Å². The summed E-state index contributed by atoms with van der Waals surface area (Å²) < 4.78 is 29.0. The molecule has 2 rings (SSSR count). The molecular formula is C17H18FO3. The third-order valence-electron chi connectivity index (χ3n) is 3.38. The van der Waals surface area contributed by atoms with Gasteiger partial charge in [-0.15, -0.1) is 0 Å². The number of rotatable bonds is 5. The fourth-order valence-electron chi connectivity index (χ4n) is 2.20. The standard InChI is InChI=1S/C17H18FO3/c1-11(12-5-7-13(18)8-6-12)14-9-16(20-3)17(21-4)10-15(14)19-2/h5-11H,1H2,2-4H3. The van der Waals surface area contributed by atoms with Gasteiger partial charge in [0, 0.05) is 17.5 Å². The summed E-state index contributed by atoms with van der Waals surface area (Å²) in [4.78, 5) is 0. The molecule has 1 atom stereocenters. The smallest absolute Gasteiger partial charge is 0.164 e. The summed E-state index contributed by atoms with van der Waals surface area (Å²) in [7, 11) is 4.73. The quantitative estimate of drug-likeness (QED) is 0.837. The maximum Gasteiger partial charge on any atom is 0.164 e. The molecule has 1 radical (unpaired) electrons. The first kappa shape index (κ1) is 15.2. The summed E-state index contributed by atoms with van der Waals surface area (Å²) >= 11 is 0. The van der Waals surface area contributed by atoms with E-state index in [2.05, 4.69) is 6.92 Å². The number of ether oxygens (including phenoxy) is 3. The van der Waals surface area contributed by atoms with Gasteiger partial charge < -0.3 is 14.2 Å². The van der Waals surface area contributed by atoms with Crippen LogP contribution in [-0.2, 0) is 0 Å². The summed E-state index contributed by atoms with van der Waals surface area (Å²) in [5.74, 6) is 1.36. The molecule has 0 fully saturated rings. The van der Waals surface area contributed by atoms with Crippen LogP contribution in [0, 0.1) is 12.7 Å². The first-order valence-electron chi connectivity index (χ1n) is 6.49. The molecule has 0 saturated heterocycles. The van der Waals surface area contributed by atoms with Gasteiger partial charge in [-0.1, -0.05) is 12.1 Å². The van der Waals surface area contributed by atoms with E-state index in [0.717, 1.165) is 11.1 Å². The van der Waals surface area contributed by atoms with Crippen LogP contribution in [0.25, 0.3) is 0 Å². The highest BCUT2D eigenvalue weighted by molar-refractivity contribution is 5.54. The van der Waals surface area contributed by atoms with Crippen molar-refractivity contribution in [3.8, 4) is 17.2 Å². The predicted molar refractivity (Wildman–Crippen MR) is 79.7 cm³/mol. The van der Waals surface area contributed by atoms with Crippen LogP contribution in [0.3, 0.4) is 0 Å². The highest BCUT2D eigenvalue weighted by Gasteiger charge is 2.18. The van der Waals surface area contributed by atoms with Crippen LogP contribution >= 0.6 is 0 Å². The zero-order valence-electron chi connectivity index (χ0n) is 12.4. The van der Waals surface area contributed by atoms with Crippen molar-refractivity contribution < 1.29 is 18.6 Å². The van der Waals surface area contributed by atoms with Gasteiger partial charge in [0.15, 0.2) is 11.5 Å². The minimum atomic E-state index is -0.273. The van der Waals surface area contributed by atoms with Crippen LogP contribution in [0.1, 0.15) is 17.0 Å². The summed E-state index contributed by atoms with van der Waals surface area (Å²) in [6.45, 7) is 4.15. The number of hydrogen-bond donors (Lipinski definition) is 0. The van der Waals surface area contributed by atoms with Gasteiger partial charge >= 0.3 is 0 Å². The van der Waals surface area contributed by atoms with E-state index in [1.54, 1.807) is 39.5 Å². The summed E-state index contributed by atoms with van der Waals surface area (Å²) in [6, 6.07) is 9.85. The molecule has 21 heavy (non-hydrogen) atoms. The molecule has 1 unspecified atom stereocenters. The third kappa shape index (κ3) is 3.10. The highest BCUT2D eigenvalue weighted by atomic mass is 19.1. The van der Waals surface area contributed by atoms with Gasteiger partial charge in [-0.2, -0.15) is 0 Å². The number of hydrogen-bond acceptors (Lipinski definition) is 3. The Bertz CT molecular complexity index is 608. The zero-order valence-corrected chi connectivity index (χ0v) is 12.4. The van der Waals surface area contributed by atoms with Crippen LogP contribution in [-0.4, -0.2) is 21.3 Å². The molecule has 4 heteroatoms. The van der Waals surface area contributed by atoms with Crippen LogP contribution in [0.4, 0.5) is 4.39 Å². The normalized spacial score (nSPS) is 11.9. The molecule has 2 aromatic carbocycles. The Labute approximate surface area is 124 Å². The van der Waals surface area contributed by atoms with E-state index < -0.39 is 0 Å². The number of halogens is 1. The van der Waals surface area contributed by atoms with Gasteiger partial charge in [-0.25, -0.2) is 4.39 Å². The van der Waals surface area contributed by atoms with E-state index in [4.69, 9.17) is 14.2 Å². The van der Waals surface area contributed by atoms with Crippen molar-refractivity contribution in [3.05, 3.63) is 60.3 Å². The fraction of sp³-hybridized carbons (Fsp3) is 0.235. The van der Waals surface area contributed by atoms with E-state index in [1.165, 1.54) is 12.1 Å². The lowest BCUT2D eigenvalue weighted by molar-refractivity contribution is 0.347. The molecule has 2 aromatic rings. The van der Waals surface area contributed by atoms with Crippen molar-refractivity contribution in [2.24, 2.45) is 0 Å². The first-order chi connectivity index (χ1) is 10.1.